The molecule has 3 N–H and O–H groups in total. The minimum absolute atomic E-state index is 0.0774. The fourth-order valence-electron chi connectivity index (χ4n) is 8.21. The van der Waals surface area contributed by atoms with Gasteiger partial charge in [-0.2, -0.15) is 9.97 Å². The number of carboxylic acid groups (broad SMARTS) is 1. The van der Waals surface area contributed by atoms with Crippen LogP contribution in [0.25, 0.3) is 11.1 Å². The third-order valence-corrected chi connectivity index (χ3v) is 13.6. The summed E-state index contributed by atoms with van der Waals surface area (Å²) < 4.78 is 30.8. The molecule has 0 aliphatic carbocycles. The Morgan fingerprint density at radius 2 is 1.01 bits per heavy atom. The predicted octanol–water partition coefficient (Wildman–Crippen LogP) is 10.7. The van der Waals surface area contributed by atoms with E-state index < -0.39 is 5.97 Å². The molecule has 4 aromatic heterocycles. The molecule has 74 heavy (non-hydrogen) atoms. The third-order valence-electron chi connectivity index (χ3n) is 12.4. The van der Waals surface area contributed by atoms with Crippen molar-refractivity contribution in [1.82, 2.24) is 50.6 Å². The number of nitrogens with one attached hydrogen (secondary N) is 2. The van der Waals surface area contributed by atoms with E-state index >= 15 is 0 Å². The van der Waals surface area contributed by atoms with Gasteiger partial charge in [0.2, 0.25) is 23.5 Å². The van der Waals surface area contributed by atoms with Gasteiger partial charge in [0.1, 0.15) is 26.4 Å². The SMILES string of the molecule is CCCCNCc1cc(Br)c(OCc2cccc(-c3cccc(COc4nc(OCc5cnnn5Cc5ccccc5)c(CNCCCC(=O)O)cc4Br)c3C)c2C)nc1OCc1cnnn1Cc1ccccc1. The summed E-state index contributed by atoms with van der Waals surface area (Å²) in [6.45, 7) is 10.8. The largest absolute Gasteiger partial charge is 0.481 e. The molecule has 18 heteroatoms. The Morgan fingerprint density at radius 1 is 0.568 bits per heavy atom. The lowest BCUT2D eigenvalue weighted by molar-refractivity contribution is -0.137. The zero-order chi connectivity index (χ0) is 51.7. The van der Waals surface area contributed by atoms with E-state index in [2.05, 4.69) is 120 Å². The van der Waals surface area contributed by atoms with Crippen molar-refractivity contribution in [3.05, 3.63) is 186 Å². The second-order valence-corrected chi connectivity index (χ2v) is 19.5. The summed E-state index contributed by atoms with van der Waals surface area (Å²) in [6, 6.07) is 36.6. The average molecular weight is 1130 g/mol. The fraction of sp³-hybridized carbons (Fsp3) is 0.304. The van der Waals surface area contributed by atoms with Crippen molar-refractivity contribution in [3.8, 4) is 34.6 Å². The number of hydrogen-bond donors (Lipinski definition) is 3. The molecule has 0 amide bonds. The number of carboxylic acids is 1. The van der Waals surface area contributed by atoms with Crippen LogP contribution in [0.5, 0.6) is 23.5 Å². The number of ether oxygens (including phenoxy) is 4. The van der Waals surface area contributed by atoms with Crippen LogP contribution in [0, 0.1) is 13.8 Å². The van der Waals surface area contributed by atoms with Crippen molar-refractivity contribution < 1.29 is 28.8 Å². The number of pyridine rings is 2. The number of rotatable bonds is 28. The summed E-state index contributed by atoms with van der Waals surface area (Å²) in [5.74, 6) is 0.814. The van der Waals surface area contributed by atoms with Crippen molar-refractivity contribution >= 4 is 37.8 Å². The van der Waals surface area contributed by atoms with E-state index in [0.29, 0.717) is 67.1 Å². The molecule has 384 valence electrons. The Morgan fingerprint density at radius 3 is 1.46 bits per heavy atom. The van der Waals surface area contributed by atoms with Crippen LogP contribution in [0.4, 0.5) is 0 Å². The summed E-state index contributed by atoms with van der Waals surface area (Å²) in [5, 5.41) is 32.9. The highest BCUT2D eigenvalue weighted by Gasteiger charge is 2.19. The number of benzene rings is 4. The lowest BCUT2D eigenvalue weighted by Gasteiger charge is -2.18. The number of aliphatic carboxylic acids is 1. The Hall–Kier alpha value is -6.99. The Balaban J connectivity index is 0.962. The Kier molecular flexibility index (Phi) is 19.3. The Labute approximate surface area is 448 Å². The molecule has 4 heterocycles. The van der Waals surface area contributed by atoms with Gasteiger partial charge >= 0.3 is 5.97 Å². The molecule has 8 aromatic rings. The van der Waals surface area contributed by atoms with Gasteiger partial charge in [-0.15, -0.1) is 10.2 Å². The highest BCUT2D eigenvalue weighted by molar-refractivity contribution is 9.10. The zero-order valence-electron chi connectivity index (χ0n) is 41.8. The molecule has 0 radical (unpaired) electrons. The molecular formula is C56H60Br2N10O6. The minimum atomic E-state index is -0.831. The van der Waals surface area contributed by atoms with Crippen molar-refractivity contribution in [2.24, 2.45) is 0 Å². The van der Waals surface area contributed by atoms with Gasteiger partial charge in [-0.3, -0.25) is 4.79 Å². The third kappa shape index (κ3) is 14.6. The van der Waals surface area contributed by atoms with E-state index in [1.165, 1.54) is 0 Å². The quantitative estimate of drug-likeness (QED) is 0.0393. The highest BCUT2D eigenvalue weighted by atomic mass is 79.9. The molecule has 0 spiro atoms. The summed E-state index contributed by atoms with van der Waals surface area (Å²) in [7, 11) is 0. The second kappa shape index (κ2) is 26.8. The maximum Gasteiger partial charge on any atom is 0.303 e. The highest BCUT2D eigenvalue weighted by Crippen LogP contribution is 2.35. The van der Waals surface area contributed by atoms with Crippen LogP contribution in [-0.4, -0.2) is 64.1 Å². The van der Waals surface area contributed by atoms with Crippen LogP contribution in [0.15, 0.2) is 131 Å². The fourth-order valence-corrected chi connectivity index (χ4v) is 9.17. The van der Waals surface area contributed by atoms with Gasteiger partial charge in [0, 0.05) is 30.6 Å². The van der Waals surface area contributed by atoms with E-state index in [0.717, 1.165) is 90.9 Å². The molecule has 8 rings (SSSR count). The molecule has 0 bridgehead atoms. The molecule has 0 aliphatic heterocycles. The van der Waals surface area contributed by atoms with Gasteiger partial charge in [-0.05, 0) is 128 Å². The maximum atomic E-state index is 11.1. The summed E-state index contributed by atoms with van der Waals surface area (Å²) in [6.07, 6.45) is 6.14. The number of hydrogen-bond acceptors (Lipinski definition) is 13. The first-order valence-electron chi connectivity index (χ1n) is 24.7. The first-order valence-corrected chi connectivity index (χ1v) is 26.2. The molecule has 0 unspecified atom stereocenters. The number of nitrogens with zero attached hydrogens (tertiary/aromatic N) is 8. The summed E-state index contributed by atoms with van der Waals surface area (Å²) in [5.41, 5.74) is 11.8. The molecule has 16 nitrogen and oxygen atoms in total. The standard InChI is InChI=1S/C56H60Br2N10O6/c1-4-5-24-59-28-44-26-50(57)55(63-53(44)73-36-46-30-61-65-67(46)32-40-15-8-6-9-16-40)71-34-42-19-12-21-48(38(42)2)49-22-13-20-43(39(49)3)35-72-56-51(58)27-45(29-60-25-14-23-52(69)70)54(64-56)74-37-47-31-62-66-68(47)33-41-17-10-7-11-18-41/h6-13,15-22,26-27,30-31,59-60H,4-5,14,23-25,28-29,32-37H2,1-3H3,(H,69,70). The van der Waals surface area contributed by atoms with Gasteiger partial charge < -0.3 is 34.7 Å². The van der Waals surface area contributed by atoms with Gasteiger partial charge in [-0.25, -0.2) is 9.36 Å². The van der Waals surface area contributed by atoms with Gasteiger partial charge in [0.05, 0.1) is 45.8 Å². The van der Waals surface area contributed by atoms with Crippen LogP contribution >= 0.6 is 31.9 Å². The molecule has 0 saturated carbocycles. The first-order chi connectivity index (χ1) is 36.1. The minimum Gasteiger partial charge on any atom is -0.481 e. The van der Waals surface area contributed by atoms with Crippen molar-refractivity contribution in [2.75, 3.05) is 13.1 Å². The molecule has 0 atom stereocenters. The number of halogens is 2. The van der Waals surface area contributed by atoms with Gasteiger partial charge in [0.15, 0.2) is 0 Å². The molecule has 4 aromatic carbocycles. The molecular weight excluding hydrogens is 1070 g/mol. The van der Waals surface area contributed by atoms with Crippen LogP contribution in [0.1, 0.15) is 88.5 Å². The van der Waals surface area contributed by atoms with E-state index in [4.69, 9.17) is 34.0 Å². The molecule has 0 aliphatic rings. The van der Waals surface area contributed by atoms with Crippen LogP contribution in [0.2, 0.25) is 0 Å². The average Bonchev–Trinajstić information content (AvgIpc) is 4.06. The molecule has 0 fully saturated rings. The maximum absolute atomic E-state index is 11.1. The van der Waals surface area contributed by atoms with Crippen LogP contribution < -0.4 is 29.6 Å². The van der Waals surface area contributed by atoms with Crippen LogP contribution in [-0.2, 0) is 57.4 Å². The van der Waals surface area contributed by atoms with E-state index in [1.54, 1.807) is 17.1 Å². The van der Waals surface area contributed by atoms with E-state index in [9.17, 15) is 4.79 Å². The first kappa shape index (κ1) is 53.3. The zero-order valence-corrected chi connectivity index (χ0v) is 44.9. The number of carbonyl (C=O) groups is 1. The van der Waals surface area contributed by atoms with Gasteiger partial charge in [0.25, 0.3) is 0 Å². The Bertz CT molecular complexity index is 3100. The van der Waals surface area contributed by atoms with Crippen molar-refractivity contribution in [1.29, 1.82) is 0 Å². The smallest absolute Gasteiger partial charge is 0.303 e. The summed E-state index contributed by atoms with van der Waals surface area (Å²) >= 11 is 7.45. The van der Waals surface area contributed by atoms with E-state index in [1.807, 2.05) is 77.5 Å². The number of unbranched alkanes of at least 4 members (excludes halogenated alkanes) is 1. The lowest BCUT2D eigenvalue weighted by atomic mass is 9.92. The van der Waals surface area contributed by atoms with E-state index in [-0.39, 0.29) is 32.8 Å². The summed E-state index contributed by atoms with van der Waals surface area (Å²) in [4.78, 5) is 20.9. The predicted molar refractivity (Wildman–Crippen MR) is 289 cm³/mol. The molecule has 0 saturated heterocycles. The normalized spacial score (nSPS) is 11.2. The lowest BCUT2D eigenvalue weighted by Crippen LogP contribution is -2.17. The van der Waals surface area contributed by atoms with Crippen molar-refractivity contribution in [3.63, 3.8) is 0 Å². The van der Waals surface area contributed by atoms with Crippen LogP contribution in [0.3, 0.4) is 0 Å². The second-order valence-electron chi connectivity index (χ2n) is 17.8. The topological polar surface area (TPSA) is 185 Å². The van der Waals surface area contributed by atoms with Gasteiger partial charge in [-0.1, -0.05) is 121 Å². The number of aromatic nitrogens is 8. The monoisotopic (exact) mass is 1130 g/mol. The van der Waals surface area contributed by atoms with Crippen molar-refractivity contribution in [2.45, 2.75) is 99.1 Å².